The second-order valence-corrected chi connectivity index (χ2v) is 6.04. The van der Waals surface area contributed by atoms with Gasteiger partial charge in [-0.15, -0.1) is 0 Å². The summed E-state index contributed by atoms with van der Waals surface area (Å²) in [7, 11) is 0. The lowest BCUT2D eigenvalue weighted by molar-refractivity contribution is -0.158. The molecule has 0 aliphatic heterocycles. The van der Waals surface area contributed by atoms with Crippen LogP contribution in [0.1, 0.15) is 16.8 Å². The molecule has 164 valence electrons. The van der Waals surface area contributed by atoms with Crippen LogP contribution in [0.3, 0.4) is 0 Å². The van der Waals surface area contributed by atoms with Crippen molar-refractivity contribution in [2.75, 3.05) is 6.61 Å². The van der Waals surface area contributed by atoms with Crippen LogP contribution in [0, 0.1) is 11.3 Å². The van der Waals surface area contributed by atoms with Crippen molar-refractivity contribution in [1.82, 2.24) is 14.6 Å². The fourth-order valence-electron chi connectivity index (χ4n) is 2.59. The molecule has 3 aromatic rings. The van der Waals surface area contributed by atoms with Crippen LogP contribution in [-0.4, -0.2) is 27.4 Å². The Morgan fingerprint density at radius 2 is 1.65 bits per heavy atom. The maximum absolute atomic E-state index is 13.4. The molecule has 0 N–H and O–H groups in total. The fraction of sp³-hybridized carbons (Fsp3) is 0.235. The Labute approximate surface area is 166 Å². The van der Waals surface area contributed by atoms with E-state index in [-0.39, 0.29) is 5.56 Å². The Hall–Kier alpha value is -3.50. The topological polar surface area (TPSA) is 63.2 Å². The molecule has 0 spiro atoms. The van der Waals surface area contributed by atoms with Gasteiger partial charge in [-0.3, -0.25) is 0 Å². The van der Waals surface area contributed by atoms with Gasteiger partial charge >= 0.3 is 18.5 Å². The average molecular weight is 454 g/mol. The smallest absolute Gasteiger partial charge is 0.433 e. The Morgan fingerprint density at radius 1 is 0.968 bits per heavy atom. The van der Waals surface area contributed by atoms with Crippen LogP contribution in [0.4, 0.5) is 39.5 Å². The molecule has 0 unspecified atom stereocenters. The van der Waals surface area contributed by atoms with E-state index >= 15 is 0 Å². The summed E-state index contributed by atoms with van der Waals surface area (Å²) in [6, 6.07) is 3.65. The highest BCUT2D eigenvalue weighted by Crippen LogP contribution is 2.40. The number of aromatic nitrogens is 3. The van der Waals surface area contributed by atoms with Gasteiger partial charge in [0.15, 0.2) is 17.9 Å². The molecule has 0 aliphatic carbocycles. The largest absolute Gasteiger partial charge is 0.483 e. The van der Waals surface area contributed by atoms with E-state index < -0.39 is 59.0 Å². The molecule has 3 rings (SSSR count). The average Bonchev–Trinajstić information content (AvgIpc) is 3.06. The van der Waals surface area contributed by atoms with Gasteiger partial charge in [0.1, 0.15) is 17.4 Å². The van der Waals surface area contributed by atoms with Crippen molar-refractivity contribution in [2.45, 2.75) is 18.5 Å². The first kappa shape index (κ1) is 22.2. The summed E-state index contributed by atoms with van der Waals surface area (Å²) in [4.78, 5) is 3.78. The number of hydrogen-bond donors (Lipinski definition) is 0. The summed E-state index contributed by atoms with van der Waals surface area (Å²) < 4.78 is 122. The van der Waals surface area contributed by atoms with E-state index in [1.54, 1.807) is 6.07 Å². The van der Waals surface area contributed by atoms with Crippen molar-refractivity contribution >= 4 is 5.65 Å². The van der Waals surface area contributed by atoms with Gasteiger partial charge in [-0.05, 0) is 24.3 Å². The second kappa shape index (κ2) is 7.33. The Morgan fingerprint density at radius 3 is 2.19 bits per heavy atom. The number of nitriles is 1. The Kier molecular flexibility index (Phi) is 5.24. The van der Waals surface area contributed by atoms with Crippen LogP contribution in [-0.2, 0) is 12.4 Å². The molecular formula is C17H7F9N4O. The lowest BCUT2D eigenvalue weighted by atomic mass is 10.1. The van der Waals surface area contributed by atoms with Crippen molar-refractivity contribution < 1.29 is 44.3 Å². The molecule has 1 aromatic carbocycles. The van der Waals surface area contributed by atoms with Gasteiger partial charge in [0, 0.05) is 5.56 Å². The van der Waals surface area contributed by atoms with Crippen molar-refractivity contribution in [2.24, 2.45) is 0 Å². The zero-order chi connectivity index (χ0) is 23.2. The summed E-state index contributed by atoms with van der Waals surface area (Å²) in [6.45, 7) is -2.00. The predicted molar refractivity (Wildman–Crippen MR) is 84.7 cm³/mol. The standard InChI is InChI=1S/C17H7F9N4O/c18-15(19,20)7-31-12-2-1-8(3-10(12)16(21,22)23)11-4-13(17(24,25)26)30-14(29-11)9(5-27)6-28-30/h1-4,6H,7H2. The van der Waals surface area contributed by atoms with Crippen LogP contribution in [0.2, 0.25) is 0 Å². The van der Waals surface area contributed by atoms with E-state index in [1.807, 2.05) is 0 Å². The van der Waals surface area contributed by atoms with Gasteiger partial charge in [-0.1, -0.05) is 0 Å². The third-order valence-corrected chi connectivity index (χ3v) is 3.85. The molecule has 0 aliphatic rings. The molecule has 0 atom stereocenters. The van der Waals surface area contributed by atoms with E-state index in [2.05, 4.69) is 14.8 Å². The summed E-state index contributed by atoms with van der Waals surface area (Å²) in [5.74, 6) is -1.16. The summed E-state index contributed by atoms with van der Waals surface area (Å²) >= 11 is 0. The van der Waals surface area contributed by atoms with Crippen LogP contribution >= 0.6 is 0 Å². The zero-order valence-electron chi connectivity index (χ0n) is 14.7. The Balaban J connectivity index is 2.19. The van der Waals surface area contributed by atoms with E-state index in [0.29, 0.717) is 22.7 Å². The highest BCUT2D eigenvalue weighted by atomic mass is 19.4. The molecule has 0 amide bonds. The minimum atomic E-state index is -5.18. The second-order valence-electron chi connectivity index (χ2n) is 6.04. The Bertz CT molecular complexity index is 1170. The van der Waals surface area contributed by atoms with Crippen LogP contribution in [0.15, 0.2) is 30.5 Å². The third kappa shape index (κ3) is 4.65. The number of alkyl halides is 9. The molecule has 0 saturated carbocycles. The van der Waals surface area contributed by atoms with Gasteiger partial charge in [-0.2, -0.15) is 49.9 Å². The van der Waals surface area contributed by atoms with Gasteiger partial charge in [0.25, 0.3) is 0 Å². The van der Waals surface area contributed by atoms with Crippen LogP contribution < -0.4 is 4.74 Å². The van der Waals surface area contributed by atoms with E-state index in [1.165, 1.54) is 0 Å². The fourth-order valence-corrected chi connectivity index (χ4v) is 2.59. The lowest BCUT2D eigenvalue weighted by Crippen LogP contribution is -2.21. The molecule has 0 radical (unpaired) electrons. The van der Waals surface area contributed by atoms with Gasteiger partial charge < -0.3 is 4.74 Å². The molecule has 0 saturated heterocycles. The summed E-state index contributed by atoms with van der Waals surface area (Å²) in [5.41, 5.74) is -5.08. The highest BCUT2D eigenvalue weighted by molar-refractivity contribution is 5.67. The maximum Gasteiger partial charge on any atom is 0.433 e. The van der Waals surface area contributed by atoms with Crippen LogP contribution in [0.25, 0.3) is 16.9 Å². The quantitative estimate of drug-likeness (QED) is 0.508. The zero-order valence-corrected chi connectivity index (χ0v) is 14.7. The monoisotopic (exact) mass is 454 g/mol. The van der Waals surface area contributed by atoms with Crippen molar-refractivity contribution in [3.8, 4) is 23.1 Å². The number of benzene rings is 1. The number of fused-ring (bicyclic) bond motifs is 1. The first-order valence-corrected chi connectivity index (χ1v) is 7.98. The molecule has 14 heteroatoms. The predicted octanol–water partition coefficient (Wildman–Crippen LogP) is 5.25. The van der Waals surface area contributed by atoms with E-state index in [0.717, 1.165) is 12.3 Å². The normalized spacial score (nSPS) is 12.8. The number of hydrogen-bond acceptors (Lipinski definition) is 4. The first-order valence-electron chi connectivity index (χ1n) is 7.98. The summed E-state index contributed by atoms with van der Waals surface area (Å²) in [5, 5.41) is 12.4. The van der Waals surface area contributed by atoms with Crippen molar-refractivity contribution in [1.29, 1.82) is 5.26 Å². The highest BCUT2D eigenvalue weighted by Gasteiger charge is 2.38. The molecule has 2 aromatic heterocycles. The van der Waals surface area contributed by atoms with Gasteiger partial charge in [0.2, 0.25) is 0 Å². The van der Waals surface area contributed by atoms with Crippen molar-refractivity contribution in [3.63, 3.8) is 0 Å². The van der Waals surface area contributed by atoms with Gasteiger partial charge in [-0.25, -0.2) is 9.50 Å². The number of halogens is 9. The number of ether oxygens (including phenoxy) is 1. The lowest BCUT2D eigenvalue weighted by Gasteiger charge is -2.17. The molecule has 0 bridgehead atoms. The molecule has 5 nitrogen and oxygen atoms in total. The van der Waals surface area contributed by atoms with Crippen molar-refractivity contribution in [3.05, 3.63) is 47.3 Å². The molecule has 2 heterocycles. The first-order chi connectivity index (χ1) is 14.2. The summed E-state index contributed by atoms with van der Waals surface area (Å²) in [6.07, 6.45) is -14.3. The van der Waals surface area contributed by atoms with Gasteiger partial charge in [0.05, 0.1) is 17.5 Å². The SMILES string of the molecule is N#Cc1cnn2c(C(F)(F)F)cc(-c3ccc(OCC(F)(F)F)c(C(F)(F)F)c3)nc12. The minimum absolute atomic E-state index is 0.313. The number of rotatable bonds is 3. The van der Waals surface area contributed by atoms with E-state index in [4.69, 9.17) is 5.26 Å². The third-order valence-electron chi connectivity index (χ3n) is 3.85. The number of nitrogens with zero attached hydrogens (tertiary/aromatic N) is 4. The maximum atomic E-state index is 13.4. The molecule has 31 heavy (non-hydrogen) atoms. The van der Waals surface area contributed by atoms with E-state index in [9.17, 15) is 39.5 Å². The molecular weight excluding hydrogens is 447 g/mol. The minimum Gasteiger partial charge on any atom is -0.483 e. The molecule has 0 fully saturated rings. The van der Waals surface area contributed by atoms with Crippen LogP contribution in [0.5, 0.6) is 5.75 Å².